The maximum absolute atomic E-state index is 3.44. The first-order valence-corrected chi connectivity index (χ1v) is 5.65. The lowest BCUT2D eigenvalue weighted by molar-refractivity contribution is 0.286. The van der Waals surface area contributed by atoms with Crippen molar-refractivity contribution in [2.75, 3.05) is 32.7 Å². The van der Waals surface area contributed by atoms with Gasteiger partial charge in [-0.05, 0) is 37.9 Å². The molecule has 1 saturated heterocycles. The van der Waals surface area contributed by atoms with Crippen LogP contribution >= 0.6 is 0 Å². The molecule has 0 aromatic carbocycles. The number of hydrogen-bond acceptors (Lipinski definition) is 2. The summed E-state index contributed by atoms with van der Waals surface area (Å²) in [4.78, 5) is 2.60. The molecule has 1 N–H and O–H groups in total. The first-order chi connectivity index (χ1) is 6.22. The summed E-state index contributed by atoms with van der Waals surface area (Å²) >= 11 is 0. The zero-order valence-electron chi connectivity index (χ0n) is 9.34. The van der Waals surface area contributed by atoms with Gasteiger partial charge in [-0.3, -0.25) is 0 Å². The van der Waals surface area contributed by atoms with Crippen molar-refractivity contribution in [3.8, 4) is 0 Å². The molecule has 1 aliphatic heterocycles. The van der Waals surface area contributed by atoms with Gasteiger partial charge < -0.3 is 10.2 Å². The molecule has 0 aliphatic carbocycles. The molecule has 13 heavy (non-hydrogen) atoms. The van der Waals surface area contributed by atoms with Crippen molar-refractivity contribution in [2.45, 2.75) is 27.2 Å². The van der Waals surface area contributed by atoms with E-state index in [1.54, 1.807) is 0 Å². The molecule has 0 radical (unpaired) electrons. The van der Waals surface area contributed by atoms with Gasteiger partial charge in [0.15, 0.2) is 0 Å². The number of likely N-dealkylation sites (tertiary alicyclic amines) is 1. The standard InChI is InChI=1S/C11H24N2/c1-4-12-7-11-5-6-13(9-11)8-10(2)3/h10-12H,4-9H2,1-3H3. The second-order valence-corrected chi connectivity index (χ2v) is 4.62. The fourth-order valence-corrected chi connectivity index (χ4v) is 2.11. The molecule has 78 valence electrons. The predicted octanol–water partition coefficient (Wildman–Crippen LogP) is 1.57. The van der Waals surface area contributed by atoms with Gasteiger partial charge in [0.05, 0.1) is 0 Å². The van der Waals surface area contributed by atoms with Crippen LogP contribution in [0.2, 0.25) is 0 Å². The Morgan fingerprint density at radius 2 is 2.23 bits per heavy atom. The number of rotatable bonds is 5. The minimum atomic E-state index is 0.817. The second kappa shape index (κ2) is 5.61. The molecule has 1 aliphatic rings. The van der Waals surface area contributed by atoms with E-state index in [9.17, 15) is 0 Å². The maximum Gasteiger partial charge on any atom is 0.00224 e. The molecule has 2 nitrogen and oxygen atoms in total. The second-order valence-electron chi connectivity index (χ2n) is 4.62. The average molecular weight is 184 g/mol. The van der Waals surface area contributed by atoms with Crippen LogP contribution in [0.15, 0.2) is 0 Å². The van der Waals surface area contributed by atoms with Gasteiger partial charge in [-0.2, -0.15) is 0 Å². The van der Waals surface area contributed by atoms with Crippen LogP contribution in [0.25, 0.3) is 0 Å². The molecular formula is C11H24N2. The van der Waals surface area contributed by atoms with Crippen molar-refractivity contribution in [3.63, 3.8) is 0 Å². The molecule has 1 unspecified atom stereocenters. The molecule has 1 rings (SSSR count). The van der Waals surface area contributed by atoms with Crippen LogP contribution < -0.4 is 5.32 Å². The van der Waals surface area contributed by atoms with Crippen molar-refractivity contribution in [3.05, 3.63) is 0 Å². The predicted molar refractivity (Wildman–Crippen MR) is 57.9 cm³/mol. The quantitative estimate of drug-likeness (QED) is 0.698. The van der Waals surface area contributed by atoms with Gasteiger partial charge in [-0.25, -0.2) is 0 Å². The normalized spacial score (nSPS) is 24.5. The highest BCUT2D eigenvalue weighted by molar-refractivity contribution is 4.77. The molecule has 0 aromatic heterocycles. The Labute approximate surface area is 82.7 Å². The molecule has 1 atom stereocenters. The first-order valence-electron chi connectivity index (χ1n) is 5.65. The molecule has 1 fully saturated rings. The molecule has 0 saturated carbocycles. The molecule has 0 bridgehead atoms. The molecule has 0 spiro atoms. The number of nitrogens with one attached hydrogen (secondary N) is 1. The van der Waals surface area contributed by atoms with Gasteiger partial charge in [0.1, 0.15) is 0 Å². The SMILES string of the molecule is CCNCC1CCN(CC(C)C)C1. The van der Waals surface area contributed by atoms with E-state index in [0.29, 0.717) is 0 Å². The molecule has 0 amide bonds. The van der Waals surface area contributed by atoms with Crippen LogP contribution in [0.5, 0.6) is 0 Å². The minimum Gasteiger partial charge on any atom is -0.317 e. The minimum absolute atomic E-state index is 0.817. The van der Waals surface area contributed by atoms with Crippen LogP contribution in [0, 0.1) is 11.8 Å². The van der Waals surface area contributed by atoms with Gasteiger partial charge in [0.2, 0.25) is 0 Å². The summed E-state index contributed by atoms with van der Waals surface area (Å²) in [7, 11) is 0. The smallest absolute Gasteiger partial charge is 0.00224 e. The third-order valence-corrected chi connectivity index (χ3v) is 2.68. The zero-order chi connectivity index (χ0) is 9.68. The summed E-state index contributed by atoms with van der Waals surface area (Å²) in [5.41, 5.74) is 0. The van der Waals surface area contributed by atoms with Crippen LogP contribution in [0.4, 0.5) is 0 Å². The highest BCUT2D eigenvalue weighted by Gasteiger charge is 2.21. The van der Waals surface area contributed by atoms with E-state index in [4.69, 9.17) is 0 Å². The Morgan fingerprint density at radius 3 is 2.85 bits per heavy atom. The molecule has 2 heteroatoms. The summed E-state index contributed by atoms with van der Waals surface area (Å²) in [6.45, 7) is 13.0. The Morgan fingerprint density at radius 1 is 1.46 bits per heavy atom. The van der Waals surface area contributed by atoms with E-state index in [1.165, 1.54) is 32.6 Å². The summed E-state index contributed by atoms with van der Waals surface area (Å²) in [5, 5.41) is 3.44. The first kappa shape index (κ1) is 11.0. The van der Waals surface area contributed by atoms with E-state index in [2.05, 4.69) is 31.0 Å². The monoisotopic (exact) mass is 184 g/mol. The lowest BCUT2D eigenvalue weighted by Crippen LogP contribution is -2.28. The van der Waals surface area contributed by atoms with E-state index in [0.717, 1.165) is 18.4 Å². The zero-order valence-corrected chi connectivity index (χ0v) is 9.34. The van der Waals surface area contributed by atoms with Crippen molar-refractivity contribution >= 4 is 0 Å². The highest BCUT2D eigenvalue weighted by atomic mass is 15.1. The summed E-state index contributed by atoms with van der Waals surface area (Å²) < 4.78 is 0. The Bertz CT molecular complexity index is 134. The average Bonchev–Trinajstić information content (AvgIpc) is 2.48. The fourth-order valence-electron chi connectivity index (χ4n) is 2.11. The van der Waals surface area contributed by atoms with Gasteiger partial charge in [0.25, 0.3) is 0 Å². The van der Waals surface area contributed by atoms with Crippen LogP contribution in [0.3, 0.4) is 0 Å². The van der Waals surface area contributed by atoms with E-state index in [1.807, 2.05) is 0 Å². The van der Waals surface area contributed by atoms with Crippen molar-refractivity contribution in [2.24, 2.45) is 11.8 Å². The van der Waals surface area contributed by atoms with Crippen molar-refractivity contribution < 1.29 is 0 Å². The van der Waals surface area contributed by atoms with Gasteiger partial charge in [0, 0.05) is 13.1 Å². The Kier molecular flexibility index (Phi) is 4.74. The number of hydrogen-bond donors (Lipinski definition) is 1. The summed E-state index contributed by atoms with van der Waals surface area (Å²) in [5.74, 6) is 1.72. The topological polar surface area (TPSA) is 15.3 Å². The Balaban J connectivity index is 2.12. The van der Waals surface area contributed by atoms with Crippen LogP contribution in [0.1, 0.15) is 27.2 Å². The van der Waals surface area contributed by atoms with Gasteiger partial charge in [-0.1, -0.05) is 20.8 Å². The van der Waals surface area contributed by atoms with Gasteiger partial charge >= 0.3 is 0 Å². The van der Waals surface area contributed by atoms with Gasteiger partial charge in [-0.15, -0.1) is 0 Å². The maximum atomic E-state index is 3.44. The molecule has 0 aromatic rings. The van der Waals surface area contributed by atoms with Crippen molar-refractivity contribution in [1.29, 1.82) is 0 Å². The Hall–Kier alpha value is -0.0800. The summed E-state index contributed by atoms with van der Waals surface area (Å²) in [6, 6.07) is 0. The van der Waals surface area contributed by atoms with Crippen molar-refractivity contribution in [1.82, 2.24) is 10.2 Å². The lowest BCUT2D eigenvalue weighted by atomic mass is 10.1. The summed E-state index contributed by atoms with van der Waals surface area (Å²) in [6.07, 6.45) is 1.39. The lowest BCUT2D eigenvalue weighted by Gasteiger charge is -2.18. The third kappa shape index (κ3) is 4.10. The van der Waals surface area contributed by atoms with Crippen LogP contribution in [-0.4, -0.2) is 37.6 Å². The molecular weight excluding hydrogens is 160 g/mol. The van der Waals surface area contributed by atoms with E-state index >= 15 is 0 Å². The largest absolute Gasteiger partial charge is 0.317 e. The fraction of sp³-hybridized carbons (Fsp3) is 1.00. The van der Waals surface area contributed by atoms with E-state index in [-0.39, 0.29) is 0 Å². The highest BCUT2D eigenvalue weighted by Crippen LogP contribution is 2.16. The number of nitrogens with zero attached hydrogens (tertiary/aromatic N) is 1. The molecule has 1 heterocycles. The van der Waals surface area contributed by atoms with E-state index < -0.39 is 0 Å². The van der Waals surface area contributed by atoms with Crippen LogP contribution in [-0.2, 0) is 0 Å². The third-order valence-electron chi connectivity index (χ3n) is 2.68.